The summed E-state index contributed by atoms with van der Waals surface area (Å²) in [6.07, 6.45) is 0.681. The number of ether oxygens (including phenoxy) is 3. The molecule has 1 aliphatic rings. The lowest BCUT2D eigenvalue weighted by Gasteiger charge is -2.35. The number of para-hydroxylation sites is 1. The van der Waals surface area contributed by atoms with Crippen LogP contribution >= 0.6 is 0 Å². The Bertz CT molecular complexity index is 1370. The third-order valence-electron chi connectivity index (χ3n) is 6.35. The maximum absolute atomic E-state index is 12.2. The zero-order valence-electron chi connectivity index (χ0n) is 22.8. The lowest BCUT2D eigenvalue weighted by atomic mass is 10.2. The van der Waals surface area contributed by atoms with Gasteiger partial charge in [0.25, 0.3) is 0 Å². The van der Waals surface area contributed by atoms with Gasteiger partial charge in [-0.2, -0.15) is 0 Å². The van der Waals surface area contributed by atoms with Crippen LogP contribution in [0.5, 0.6) is 17.2 Å². The van der Waals surface area contributed by atoms with Gasteiger partial charge in [-0.1, -0.05) is 18.2 Å². The molecule has 0 aliphatic carbocycles. The van der Waals surface area contributed by atoms with Crippen LogP contribution in [0.3, 0.4) is 0 Å². The molecule has 1 aromatic heterocycles. The Morgan fingerprint density at radius 3 is 2.33 bits per heavy atom. The van der Waals surface area contributed by atoms with E-state index in [4.69, 9.17) is 18.6 Å². The number of hydrogen-bond acceptors (Lipinski definition) is 7. The Kier molecular flexibility index (Phi) is 8.02. The van der Waals surface area contributed by atoms with E-state index in [-0.39, 0.29) is 6.09 Å². The van der Waals surface area contributed by atoms with Gasteiger partial charge >= 0.3 is 6.09 Å². The monoisotopic (exact) mass is 529 g/mol. The predicted octanol–water partition coefficient (Wildman–Crippen LogP) is 6.61. The molecule has 204 valence electrons. The number of oxazole rings is 1. The lowest BCUT2D eigenvalue weighted by molar-refractivity contribution is 0.0142. The quantitative estimate of drug-likeness (QED) is 0.238. The molecule has 1 fully saturated rings. The maximum Gasteiger partial charge on any atom is 0.410 e. The largest absolute Gasteiger partial charge is 0.494 e. The molecule has 8 nitrogen and oxygen atoms in total. The summed E-state index contributed by atoms with van der Waals surface area (Å²) < 4.78 is 23.3. The molecule has 0 radical (unpaired) electrons. The van der Waals surface area contributed by atoms with Crippen molar-refractivity contribution in [3.05, 3.63) is 72.8 Å². The smallest absolute Gasteiger partial charge is 0.410 e. The first kappa shape index (κ1) is 26.6. The number of carbonyl (C=O) groups is 1. The van der Waals surface area contributed by atoms with Crippen LogP contribution in [0.1, 0.15) is 27.2 Å². The van der Waals surface area contributed by atoms with Gasteiger partial charge in [-0.3, -0.25) is 4.90 Å². The van der Waals surface area contributed by atoms with Gasteiger partial charge < -0.3 is 23.5 Å². The third kappa shape index (κ3) is 7.29. The highest BCUT2D eigenvalue weighted by Crippen LogP contribution is 2.30. The second kappa shape index (κ2) is 11.8. The Labute approximate surface area is 229 Å². The van der Waals surface area contributed by atoms with E-state index in [1.54, 1.807) is 4.90 Å². The van der Waals surface area contributed by atoms with Gasteiger partial charge in [0.15, 0.2) is 5.58 Å². The summed E-state index contributed by atoms with van der Waals surface area (Å²) in [4.78, 5) is 21.0. The zero-order valence-corrected chi connectivity index (χ0v) is 22.8. The zero-order chi connectivity index (χ0) is 27.2. The summed E-state index contributed by atoms with van der Waals surface area (Å²) in [5, 5.41) is 0. The number of piperazine rings is 1. The molecule has 1 amide bonds. The molecule has 0 bridgehead atoms. The fourth-order valence-corrected chi connectivity index (χ4v) is 4.37. The first-order valence-corrected chi connectivity index (χ1v) is 13.4. The van der Waals surface area contributed by atoms with E-state index in [1.165, 1.54) is 0 Å². The highest BCUT2D eigenvalue weighted by atomic mass is 16.6. The number of amides is 1. The molecular formula is C31H35N3O5. The Balaban J connectivity index is 1.07. The van der Waals surface area contributed by atoms with Crippen LogP contribution in [0, 0.1) is 0 Å². The molecule has 3 aromatic carbocycles. The van der Waals surface area contributed by atoms with E-state index in [2.05, 4.69) is 9.88 Å². The molecule has 39 heavy (non-hydrogen) atoms. The number of benzene rings is 3. The molecule has 0 saturated carbocycles. The van der Waals surface area contributed by atoms with Crippen LogP contribution in [0.25, 0.3) is 22.6 Å². The fraction of sp³-hybridized carbons (Fsp3) is 0.355. The number of fused-ring (bicyclic) bond motifs is 1. The van der Waals surface area contributed by atoms with Gasteiger partial charge in [-0.05, 0) is 75.7 Å². The van der Waals surface area contributed by atoms with Crippen LogP contribution in [-0.4, -0.2) is 65.8 Å². The summed E-state index contributed by atoms with van der Waals surface area (Å²) in [6.45, 7) is 10.3. The van der Waals surface area contributed by atoms with Crippen LogP contribution < -0.4 is 9.47 Å². The first-order valence-electron chi connectivity index (χ1n) is 13.4. The van der Waals surface area contributed by atoms with Crippen molar-refractivity contribution in [3.63, 3.8) is 0 Å². The van der Waals surface area contributed by atoms with Gasteiger partial charge in [0.2, 0.25) is 5.89 Å². The topological polar surface area (TPSA) is 77.3 Å². The standard InChI is InChI=1S/C31H35N3O5/c1-31(2,3)39-30(35)34-19-17-33(18-20-34)16-7-21-36-24-12-10-23(11-13-24)29-32-27-15-14-26(22-28(27)38-29)37-25-8-5-4-6-9-25/h4-6,8-15,22H,7,16-21H2,1-3H3. The molecule has 0 spiro atoms. The minimum atomic E-state index is -0.464. The summed E-state index contributed by atoms with van der Waals surface area (Å²) in [5.74, 6) is 2.83. The number of aromatic nitrogens is 1. The first-order chi connectivity index (χ1) is 18.8. The summed E-state index contributed by atoms with van der Waals surface area (Å²) in [7, 11) is 0. The van der Waals surface area contributed by atoms with Crippen LogP contribution in [-0.2, 0) is 4.74 Å². The van der Waals surface area contributed by atoms with E-state index >= 15 is 0 Å². The summed E-state index contributed by atoms with van der Waals surface area (Å²) in [6, 6.07) is 23.1. The lowest BCUT2D eigenvalue weighted by Crippen LogP contribution is -2.50. The average Bonchev–Trinajstić information content (AvgIpc) is 3.35. The highest BCUT2D eigenvalue weighted by molar-refractivity contribution is 5.77. The minimum Gasteiger partial charge on any atom is -0.494 e. The van der Waals surface area contributed by atoms with Crippen molar-refractivity contribution in [2.24, 2.45) is 0 Å². The molecule has 2 heterocycles. The van der Waals surface area contributed by atoms with Crippen LogP contribution in [0.2, 0.25) is 0 Å². The van der Waals surface area contributed by atoms with E-state index in [9.17, 15) is 4.79 Å². The molecular weight excluding hydrogens is 494 g/mol. The Hall–Kier alpha value is -4.04. The van der Waals surface area contributed by atoms with Crippen molar-refractivity contribution >= 4 is 17.2 Å². The molecule has 0 unspecified atom stereocenters. The molecule has 8 heteroatoms. The molecule has 0 atom stereocenters. The second-order valence-electron chi connectivity index (χ2n) is 10.6. The van der Waals surface area contributed by atoms with Crippen LogP contribution in [0.15, 0.2) is 77.2 Å². The van der Waals surface area contributed by atoms with Crippen molar-refractivity contribution in [1.29, 1.82) is 0 Å². The van der Waals surface area contributed by atoms with Gasteiger partial charge in [0.05, 0.1) is 6.61 Å². The van der Waals surface area contributed by atoms with Crippen LogP contribution in [0.4, 0.5) is 4.79 Å². The molecule has 1 saturated heterocycles. The van der Waals surface area contributed by atoms with Gasteiger partial charge in [0, 0.05) is 44.4 Å². The van der Waals surface area contributed by atoms with E-state index < -0.39 is 5.60 Å². The van der Waals surface area contributed by atoms with Gasteiger partial charge in [0.1, 0.15) is 28.4 Å². The normalized spacial score (nSPS) is 14.4. The van der Waals surface area contributed by atoms with Gasteiger partial charge in [-0.15, -0.1) is 0 Å². The second-order valence-corrected chi connectivity index (χ2v) is 10.6. The molecule has 0 N–H and O–H groups in total. The highest BCUT2D eigenvalue weighted by Gasteiger charge is 2.25. The average molecular weight is 530 g/mol. The van der Waals surface area contributed by atoms with Crippen molar-refractivity contribution in [2.75, 3.05) is 39.3 Å². The Morgan fingerprint density at radius 2 is 1.62 bits per heavy atom. The van der Waals surface area contributed by atoms with Crippen molar-refractivity contribution in [3.8, 4) is 28.7 Å². The fourth-order valence-electron chi connectivity index (χ4n) is 4.37. The number of nitrogens with zero attached hydrogens (tertiary/aromatic N) is 3. The molecule has 4 aromatic rings. The number of hydrogen-bond donors (Lipinski definition) is 0. The maximum atomic E-state index is 12.2. The van der Waals surface area contributed by atoms with E-state index in [0.717, 1.165) is 48.6 Å². The van der Waals surface area contributed by atoms with Gasteiger partial charge in [-0.25, -0.2) is 9.78 Å². The molecule has 1 aliphatic heterocycles. The predicted molar refractivity (Wildman–Crippen MR) is 150 cm³/mol. The van der Waals surface area contributed by atoms with Crippen molar-refractivity contribution < 1.29 is 23.4 Å². The molecule has 5 rings (SSSR count). The summed E-state index contributed by atoms with van der Waals surface area (Å²) >= 11 is 0. The van der Waals surface area contributed by atoms with Crippen molar-refractivity contribution in [2.45, 2.75) is 32.8 Å². The number of rotatable bonds is 8. The Morgan fingerprint density at radius 1 is 0.897 bits per heavy atom. The third-order valence-corrected chi connectivity index (χ3v) is 6.35. The van der Waals surface area contributed by atoms with E-state index in [1.807, 2.05) is 93.6 Å². The van der Waals surface area contributed by atoms with Crippen molar-refractivity contribution in [1.82, 2.24) is 14.8 Å². The number of carbonyl (C=O) groups excluding carboxylic acids is 1. The van der Waals surface area contributed by atoms with E-state index in [0.29, 0.717) is 36.9 Å². The summed E-state index contributed by atoms with van der Waals surface area (Å²) in [5.41, 5.74) is 1.87. The SMILES string of the molecule is CC(C)(C)OC(=O)N1CCN(CCCOc2ccc(-c3nc4ccc(Oc5ccccc5)cc4o3)cc2)CC1. The minimum absolute atomic E-state index is 0.228.